The van der Waals surface area contributed by atoms with Crippen LogP contribution in [0.25, 0.3) is 0 Å². The summed E-state index contributed by atoms with van der Waals surface area (Å²) in [7, 11) is 0. The SMILES string of the molecule is Cc1[nH]ncc1CCCNC1CCCC1CN. The van der Waals surface area contributed by atoms with Gasteiger partial charge < -0.3 is 11.1 Å². The fraction of sp³-hybridized carbons (Fsp3) is 0.769. The maximum Gasteiger partial charge on any atom is 0.0522 e. The predicted octanol–water partition coefficient (Wildman–Crippen LogP) is 1.37. The minimum Gasteiger partial charge on any atom is -0.330 e. The summed E-state index contributed by atoms with van der Waals surface area (Å²) in [6.07, 6.45) is 8.15. The monoisotopic (exact) mass is 236 g/mol. The van der Waals surface area contributed by atoms with E-state index in [0.717, 1.165) is 19.5 Å². The van der Waals surface area contributed by atoms with E-state index in [1.165, 1.54) is 36.9 Å². The molecule has 2 atom stereocenters. The molecule has 1 aliphatic rings. The van der Waals surface area contributed by atoms with Gasteiger partial charge in [-0.1, -0.05) is 6.42 Å². The lowest BCUT2D eigenvalue weighted by Crippen LogP contribution is -2.36. The Labute approximate surface area is 103 Å². The highest BCUT2D eigenvalue weighted by Crippen LogP contribution is 2.24. The topological polar surface area (TPSA) is 66.7 Å². The summed E-state index contributed by atoms with van der Waals surface area (Å²) < 4.78 is 0. The maximum absolute atomic E-state index is 5.77. The van der Waals surface area contributed by atoms with Crippen molar-refractivity contribution in [1.29, 1.82) is 0 Å². The second kappa shape index (κ2) is 6.17. The predicted molar refractivity (Wildman–Crippen MR) is 69.8 cm³/mol. The van der Waals surface area contributed by atoms with Crippen LogP contribution in [-0.4, -0.2) is 29.3 Å². The lowest BCUT2D eigenvalue weighted by atomic mass is 10.0. The van der Waals surface area contributed by atoms with E-state index >= 15 is 0 Å². The molecule has 0 bridgehead atoms. The molecule has 1 fully saturated rings. The molecule has 0 spiro atoms. The Bertz CT molecular complexity index is 334. The van der Waals surface area contributed by atoms with Crippen LogP contribution in [0.2, 0.25) is 0 Å². The lowest BCUT2D eigenvalue weighted by Gasteiger charge is -2.19. The summed E-state index contributed by atoms with van der Waals surface area (Å²) in [6.45, 7) is 4.00. The third-order valence-electron chi connectivity index (χ3n) is 3.93. The van der Waals surface area contributed by atoms with E-state index in [9.17, 15) is 0 Å². The first kappa shape index (κ1) is 12.6. The van der Waals surface area contributed by atoms with Gasteiger partial charge in [-0.2, -0.15) is 5.10 Å². The fourth-order valence-electron chi connectivity index (χ4n) is 2.78. The van der Waals surface area contributed by atoms with Crippen LogP contribution >= 0.6 is 0 Å². The first-order valence-corrected chi connectivity index (χ1v) is 6.73. The zero-order valence-electron chi connectivity index (χ0n) is 10.7. The van der Waals surface area contributed by atoms with Gasteiger partial charge in [0.15, 0.2) is 0 Å². The number of hydrogen-bond donors (Lipinski definition) is 3. The molecule has 1 saturated carbocycles. The number of hydrogen-bond acceptors (Lipinski definition) is 3. The highest BCUT2D eigenvalue weighted by atomic mass is 15.1. The molecule has 0 saturated heterocycles. The van der Waals surface area contributed by atoms with Crippen molar-refractivity contribution >= 4 is 0 Å². The summed E-state index contributed by atoms with van der Waals surface area (Å²) in [4.78, 5) is 0. The van der Waals surface area contributed by atoms with Crippen molar-refractivity contribution in [1.82, 2.24) is 15.5 Å². The molecule has 4 nitrogen and oxygen atoms in total. The summed E-state index contributed by atoms with van der Waals surface area (Å²) in [5.74, 6) is 0.700. The van der Waals surface area contributed by atoms with Crippen molar-refractivity contribution in [2.24, 2.45) is 11.7 Å². The minimum atomic E-state index is 0.658. The first-order valence-electron chi connectivity index (χ1n) is 6.73. The van der Waals surface area contributed by atoms with Crippen LogP contribution in [0.1, 0.15) is 36.9 Å². The van der Waals surface area contributed by atoms with Crippen LogP contribution in [0, 0.1) is 12.8 Å². The number of aromatic nitrogens is 2. The number of aromatic amines is 1. The summed E-state index contributed by atoms with van der Waals surface area (Å²) in [6, 6.07) is 0.658. The molecule has 0 aliphatic heterocycles. The highest BCUT2D eigenvalue weighted by Gasteiger charge is 2.24. The van der Waals surface area contributed by atoms with E-state index in [1.54, 1.807) is 0 Å². The van der Waals surface area contributed by atoms with Crippen LogP contribution in [0.3, 0.4) is 0 Å². The molecule has 0 aromatic carbocycles. The zero-order valence-corrected chi connectivity index (χ0v) is 10.7. The van der Waals surface area contributed by atoms with Crippen molar-refractivity contribution in [2.75, 3.05) is 13.1 Å². The molecule has 2 rings (SSSR count). The summed E-state index contributed by atoms with van der Waals surface area (Å²) in [5.41, 5.74) is 8.31. The van der Waals surface area contributed by atoms with Gasteiger partial charge in [0, 0.05) is 11.7 Å². The van der Waals surface area contributed by atoms with Gasteiger partial charge >= 0.3 is 0 Å². The molecule has 4 heteroatoms. The number of nitrogens with two attached hydrogens (primary N) is 1. The van der Waals surface area contributed by atoms with Gasteiger partial charge in [0.25, 0.3) is 0 Å². The Morgan fingerprint density at radius 2 is 2.41 bits per heavy atom. The van der Waals surface area contributed by atoms with Gasteiger partial charge in [-0.25, -0.2) is 0 Å². The molecule has 96 valence electrons. The summed E-state index contributed by atoms with van der Waals surface area (Å²) in [5, 5.41) is 10.7. The van der Waals surface area contributed by atoms with Gasteiger partial charge in [-0.05, 0) is 57.2 Å². The van der Waals surface area contributed by atoms with Gasteiger partial charge in [0.2, 0.25) is 0 Å². The molecule has 2 unspecified atom stereocenters. The zero-order chi connectivity index (χ0) is 12.1. The average Bonchev–Trinajstić information content (AvgIpc) is 2.93. The van der Waals surface area contributed by atoms with Crippen LogP contribution in [0.15, 0.2) is 6.20 Å². The third-order valence-corrected chi connectivity index (χ3v) is 3.93. The Balaban J connectivity index is 1.65. The first-order chi connectivity index (χ1) is 8.31. The van der Waals surface area contributed by atoms with Crippen LogP contribution in [0.5, 0.6) is 0 Å². The molecule has 1 aromatic rings. The maximum atomic E-state index is 5.77. The van der Waals surface area contributed by atoms with Crippen molar-refractivity contribution in [2.45, 2.75) is 45.1 Å². The highest BCUT2D eigenvalue weighted by molar-refractivity contribution is 5.14. The number of rotatable bonds is 6. The number of aryl methyl sites for hydroxylation is 2. The quantitative estimate of drug-likeness (QED) is 0.653. The second-order valence-electron chi connectivity index (χ2n) is 5.11. The van der Waals surface area contributed by atoms with Gasteiger partial charge in [-0.3, -0.25) is 5.10 Å². The third kappa shape index (κ3) is 3.30. The van der Waals surface area contributed by atoms with Gasteiger partial charge in [0.1, 0.15) is 0 Å². The van der Waals surface area contributed by atoms with Gasteiger partial charge in [0.05, 0.1) is 6.20 Å². The van der Waals surface area contributed by atoms with E-state index in [-0.39, 0.29) is 0 Å². The second-order valence-corrected chi connectivity index (χ2v) is 5.11. The number of H-pyrrole nitrogens is 1. The van der Waals surface area contributed by atoms with Crippen LogP contribution in [-0.2, 0) is 6.42 Å². The fourth-order valence-corrected chi connectivity index (χ4v) is 2.78. The Kier molecular flexibility index (Phi) is 4.57. The van der Waals surface area contributed by atoms with E-state index in [4.69, 9.17) is 5.73 Å². The molecule has 4 N–H and O–H groups in total. The lowest BCUT2D eigenvalue weighted by molar-refractivity contribution is 0.405. The molecular weight excluding hydrogens is 212 g/mol. The van der Waals surface area contributed by atoms with Crippen molar-refractivity contribution < 1.29 is 0 Å². The van der Waals surface area contributed by atoms with E-state index in [0.29, 0.717) is 12.0 Å². The minimum absolute atomic E-state index is 0.658. The molecule has 1 aromatic heterocycles. The Hall–Kier alpha value is -0.870. The molecule has 17 heavy (non-hydrogen) atoms. The standard InChI is InChI=1S/C13H24N4/c1-10-12(9-16-17-10)5-3-7-15-13-6-2-4-11(13)8-14/h9,11,13,15H,2-8,14H2,1H3,(H,16,17). The number of nitrogens with one attached hydrogen (secondary N) is 2. The van der Waals surface area contributed by atoms with Crippen molar-refractivity contribution in [3.05, 3.63) is 17.5 Å². The van der Waals surface area contributed by atoms with E-state index < -0.39 is 0 Å². The van der Waals surface area contributed by atoms with Gasteiger partial charge in [-0.15, -0.1) is 0 Å². The van der Waals surface area contributed by atoms with Crippen LogP contribution in [0.4, 0.5) is 0 Å². The summed E-state index contributed by atoms with van der Waals surface area (Å²) >= 11 is 0. The molecule has 0 amide bonds. The molecular formula is C13H24N4. The van der Waals surface area contributed by atoms with E-state index in [2.05, 4.69) is 22.4 Å². The van der Waals surface area contributed by atoms with Crippen molar-refractivity contribution in [3.63, 3.8) is 0 Å². The Morgan fingerprint density at radius 1 is 1.53 bits per heavy atom. The van der Waals surface area contributed by atoms with E-state index in [1.807, 2.05) is 6.20 Å². The molecule has 0 radical (unpaired) electrons. The average molecular weight is 236 g/mol. The largest absolute Gasteiger partial charge is 0.330 e. The molecule has 1 aliphatic carbocycles. The smallest absolute Gasteiger partial charge is 0.0522 e. The number of nitrogens with zero attached hydrogens (tertiary/aromatic N) is 1. The Morgan fingerprint density at radius 3 is 3.12 bits per heavy atom. The molecule has 1 heterocycles. The normalized spacial score (nSPS) is 24.4. The van der Waals surface area contributed by atoms with Crippen molar-refractivity contribution in [3.8, 4) is 0 Å². The van der Waals surface area contributed by atoms with Crippen LogP contribution < -0.4 is 11.1 Å².